The van der Waals surface area contributed by atoms with Crippen LogP contribution in [0, 0.1) is 6.92 Å². The smallest absolute Gasteiger partial charge is 0.254 e. The Morgan fingerprint density at radius 3 is 2.58 bits per heavy atom. The Hall–Kier alpha value is -1.88. The monoisotopic (exact) mass is 346 g/mol. The molecule has 2 aromatic rings. The number of carbonyl (C=O) groups is 1. The van der Waals surface area contributed by atoms with Gasteiger partial charge in [-0.15, -0.1) is 12.4 Å². The molecule has 1 amide bonds. The van der Waals surface area contributed by atoms with Crippen LogP contribution in [0.3, 0.4) is 0 Å². The van der Waals surface area contributed by atoms with Gasteiger partial charge in [-0.2, -0.15) is 0 Å². The van der Waals surface area contributed by atoms with Gasteiger partial charge in [-0.3, -0.25) is 4.79 Å². The third-order valence-corrected chi connectivity index (χ3v) is 4.33. The van der Waals surface area contributed by atoms with Crippen LogP contribution in [0.15, 0.2) is 48.5 Å². The summed E-state index contributed by atoms with van der Waals surface area (Å²) in [7, 11) is 0. The van der Waals surface area contributed by atoms with Crippen molar-refractivity contribution in [1.29, 1.82) is 0 Å². The van der Waals surface area contributed by atoms with E-state index in [4.69, 9.17) is 10.5 Å². The predicted molar refractivity (Wildman–Crippen MR) is 97.4 cm³/mol. The number of nitrogens with zero attached hydrogens (tertiary/aromatic N) is 1. The lowest BCUT2D eigenvalue weighted by Crippen LogP contribution is -2.42. The molecular weight excluding hydrogens is 324 g/mol. The van der Waals surface area contributed by atoms with E-state index in [0.717, 1.165) is 11.1 Å². The van der Waals surface area contributed by atoms with E-state index >= 15 is 0 Å². The first kappa shape index (κ1) is 18.5. The molecule has 24 heavy (non-hydrogen) atoms. The Balaban J connectivity index is 0.00000208. The van der Waals surface area contributed by atoms with Gasteiger partial charge < -0.3 is 15.4 Å². The molecular formula is C19H23ClN2O2. The second kappa shape index (κ2) is 8.29. The third-order valence-electron chi connectivity index (χ3n) is 4.33. The Labute approximate surface area is 149 Å². The van der Waals surface area contributed by atoms with Crippen LogP contribution in [-0.4, -0.2) is 30.5 Å². The highest BCUT2D eigenvalue weighted by molar-refractivity contribution is 5.94. The van der Waals surface area contributed by atoms with Gasteiger partial charge >= 0.3 is 0 Å². The topological polar surface area (TPSA) is 55.6 Å². The molecule has 0 saturated carbocycles. The summed E-state index contributed by atoms with van der Waals surface area (Å²) in [5.74, 6) is 0.0513. The SMILES string of the molecule is Cc1ccccc1C1CN(C(=O)c2ccc(CN)cc2)CCO1.Cl. The van der Waals surface area contributed by atoms with E-state index in [1.165, 1.54) is 5.56 Å². The van der Waals surface area contributed by atoms with Gasteiger partial charge in [-0.05, 0) is 35.7 Å². The van der Waals surface area contributed by atoms with E-state index in [1.54, 1.807) is 0 Å². The minimum absolute atomic E-state index is 0. The van der Waals surface area contributed by atoms with Crippen LogP contribution < -0.4 is 5.73 Å². The zero-order chi connectivity index (χ0) is 16.2. The summed E-state index contributed by atoms with van der Waals surface area (Å²) >= 11 is 0. The van der Waals surface area contributed by atoms with Crippen LogP contribution >= 0.6 is 12.4 Å². The van der Waals surface area contributed by atoms with Gasteiger partial charge in [0.25, 0.3) is 5.91 Å². The number of aryl methyl sites for hydroxylation is 1. The molecule has 1 aliphatic rings. The summed E-state index contributed by atoms with van der Waals surface area (Å²) in [6, 6.07) is 15.7. The summed E-state index contributed by atoms with van der Waals surface area (Å²) in [6.45, 7) is 4.33. The molecule has 4 nitrogen and oxygen atoms in total. The molecule has 0 radical (unpaired) electrons. The molecule has 0 spiro atoms. The maximum atomic E-state index is 12.7. The van der Waals surface area contributed by atoms with Gasteiger partial charge in [0.05, 0.1) is 13.2 Å². The average Bonchev–Trinajstić information content (AvgIpc) is 2.62. The number of carbonyl (C=O) groups excluding carboxylic acids is 1. The lowest BCUT2D eigenvalue weighted by atomic mass is 10.0. The molecule has 2 aromatic carbocycles. The number of hydrogen-bond donors (Lipinski definition) is 1. The summed E-state index contributed by atoms with van der Waals surface area (Å²) in [5, 5.41) is 0. The Morgan fingerprint density at radius 1 is 1.21 bits per heavy atom. The number of morpholine rings is 1. The van der Waals surface area contributed by atoms with Crippen molar-refractivity contribution in [2.24, 2.45) is 5.73 Å². The molecule has 1 saturated heterocycles. The molecule has 1 aliphatic heterocycles. The van der Waals surface area contributed by atoms with Crippen molar-refractivity contribution in [3.63, 3.8) is 0 Å². The van der Waals surface area contributed by atoms with Crippen LogP contribution in [0.25, 0.3) is 0 Å². The first-order valence-corrected chi connectivity index (χ1v) is 7.94. The molecule has 1 fully saturated rings. The molecule has 0 bridgehead atoms. The van der Waals surface area contributed by atoms with Crippen molar-refractivity contribution in [3.05, 3.63) is 70.8 Å². The van der Waals surface area contributed by atoms with Crippen LogP contribution in [0.5, 0.6) is 0 Å². The minimum Gasteiger partial charge on any atom is -0.370 e. The van der Waals surface area contributed by atoms with Crippen LogP contribution in [0.2, 0.25) is 0 Å². The van der Waals surface area contributed by atoms with E-state index in [0.29, 0.717) is 31.8 Å². The van der Waals surface area contributed by atoms with Gasteiger partial charge in [-0.1, -0.05) is 36.4 Å². The predicted octanol–water partition coefficient (Wildman–Crippen LogP) is 3.09. The molecule has 5 heteroatoms. The molecule has 0 aromatic heterocycles. The largest absolute Gasteiger partial charge is 0.370 e. The zero-order valence-corrected chi connectivity index (χ0v) is 14.6. The fraction of sp³-hybridized carbons (Fsp3) is 0.316. The average molecular weight is 347 g/mol. The number of hydrogen-bond acceptors (Lipinski definition) is 3. The Morgan fingerprint density at radius 2 is 1.92 bits per heavy atom. The van der Waals surface area contributed by atoms with Crippen LogP contribution in [-0.2, 0) is 11.3 Å². The lowest BCUT2D eigenvalue weighted by Gasteiger charge is -2.34. The minimum atomic E-state index is -0.0581. The number of benzene rings is 2. The lowest BCUT2D eigenvalue weighted by molar-refractivity contribution is -0.0230. The van der Waals surface area contributed by atoms with Crippen LogP contribution in [0.1, 0.15) is 33.2 Å². The van der Waals surface area contributed by atoms with E-state index in [-0.39, 0.29) is 24.4 Å². The molecule has 1 heterocycles. The van der Waals surface area contributed by atoms with E-state index in [1.807, 2.05) is 41.3 Å². The zero-order valence-electron chi connectivity index (χ0n) is 13.8. The Bertz CT molecular complexity index is 688. The standard InChI is InChI=1S/C19H22N2O2.ClH/c1-14-4-2-3-5-17(14)18-13-21(10-11-23-18)19(22)16-8-6-15(12-20)7-9-16;/h2-9,18H,10-13,20H2,1H3;1H. The van der Waals surface area contributed by atoms with Gasteiger partial charge in [-0.25, -0.2) is 0 Å². The van der Waals surface area contributed by atoms with Crippen molar-refractivity contribution in [2.75, 3.05) is 19.7 Å². The fourth-order valence-electron chi connectivity index (χ4n) is 2.94. The molecule has 128 valence electrons. The van der Waals surface area contributed by atoms with Gasteiger partial charge in [0.2, 0.25) is 0 Å². The maximum Gasteiger partial charge on any atom is 0.254 e. The maximum absolute atomic E-state index is 12.7. The summed E-state index contributed by atoms with van der Waals surface area (Å²) in [4.78, 5) is 14.6. The fourth-order valence-corrected chi connectivity index (χ4v) is 2.94. The molecule has 2 N–H and O–H groups in total. The van der Waals surface area contributed by atoms with Crippen molar-refractivity contribution >= 4 is 18.3 Å². The number of ether oxygens (including phenoxy) is 1. The van der Waals surface area contributed by atoms with E-state index in [2.05, 4.69) is 19.1 Å². The quantitative estimate of drug-likeness (QED) is 0.929. The number of halogens is 1. The second-order valence-electron chi connectivity index (χ2n) is 5.87. The summed E-state index contributed by atoms with van der Waals surface area (Å²) in [6.07, 6.45) is -0.0581. The van der Waals surface area contributed by atoms with E-state index in [9.17, 15) is 4.79 Å². The van der Waals surface area contributed by atoms with Crippen molar-refractivity contribution < 1.29 is 9.53 Å². The number of nitrogens with two attached hydrogens (primary N) is 1. The Kier molecular flexibility index (Phi) is 6.37. The number of rotatable bonds is 3. The normalized spacial score (nSPS) is 17.2. The highest BCUT2D eigenvalue weighted by Gasteiger charge is 2.26. The highest BCUT2D eigenvalue weighted by atomic mass is 35.5. The summed E-state index contributed by atoms with van der Waals surface area (Å²) < 4.78 is 5.89. The van der Waals surface area contributed by atoms with Crippen molar-refractivity contribution in [3.8, 4) is 0 Å². The first-order valence-electron chi connectivity index (χ1n) is 7.94. The highest BCUT2D eigenvalue weighted by Crippen LogP contribution is 2.25. The molecule has 0 aliphatic carbocycles. The number of amides is 1. The summed E-state index contributed by atoms with van der Waals surface area (Å²) in [5.41, 5.74) is 9.68. The van der Waals surface area contributed by atoms with Crippen molar-refractivity contribution in [2.45, 2.75) is 19.6 Å². The van der Waals surface area contributed by atoms with E-state index < -0.39 is 0 Å². The second-order valence-corrected chi connectivity index (χ2v) is 5.87. The van der Waals surface area contributed by atoms with Gasteiger partial charge in [0.15, 0.2) is 0 Å². The first-order chi connectivity index (χ1) is 11.2. The molecule has 3 rings (SSSR count). The third kappa shape index (κ3) is 3.96. The van der Waals surface area contributed by atoms with Crippen LogP contribution in [0.4, 0.5) is 0 Å². The van der Waals surface area contributed by atoms with Crippen molar-refractivity contribution in [1.82, 2.24) is 4.90 Å². The molecule has 1 atom stereocenters. The van der Waals surface area contributed by atoms with Gasteiger partial charge in [0, 0.05) is 18.7 Å². The molecule has 1 unspecified atom stereocenters. The van der Waals surface area contributed by atoms with Gasteiger partial charge in [0.1, 0.15) is 6.10 Å².